The van der Waals surface area contributed by atoms with Gasteiger partial charge in [0.05, 0.1) is 10.9 Å². The van der Waals surface area contributed by atoms with E-state index in [0.29, 0.717) is 5.56 Å². The van der Waals surface area contributed by atoms with Crippen LogP contribution >= 0.6 is 0 Å². The third kappa shape index (κ3) is 5.69. The molecule has 3 aromatic carbocycles. The molecule has 3 rings (SSSR count). The highest BCUT2D eigenvalue weighted by Crippen LogP contribution is 2.19. The predicted molar refractivity (Wildman–Crippen MR) is 123 cm³/mol. The first kappa shape index (κ1) is 22.5. The van der Waals surface area contributed by atoms with Gasteiger partial charge in [0.2, 0.25) is 10.0 Å². The first-order chi connectivity index (χ1) is 14.9. The maximum absolute atomic E-state index is 13.0. The minimum Gasteiger partial charge on any atom is -0.346 e. The molecule has 160 valence electrons. The Morgan fingerprint density at radius 1 is 0.968 bits per heavy atom. The van der Waals surface area contributed by atoms with E-state index in [1.54, 1.807) is 60.7 Å². The molecule has 0 bridgehead atoms. The SMILES string of the molecule is C=CCN(Cc1ccc(C(=O)N[C@H](C)c2ccccc2)cc1)S(=O)(=O)c1ccccc1. The molecule has 5 nitrogen and oxygen atoms in total. The average molecular weight is 435 g/mol. The summed E-state index contributed by atoms with van der Waals surface area (Å²) in [5, 5.41) is 2.98. The molecule has 0 radical (unpaired) electrons. The summed E-state index contributed by atoms with van der Waals surface area (Å²) < 4.78 is 27.3. The number of sulfonamides is 1. The lowest BCUT2D eigenvalue weighted by atomic mass is 10.1. The van der Waals surface area contributed by atoms with Crippen LogP contribution in [0.5, 0.6) is 0 Å². The van der Waals surface area contributed by atoms with Gasteiger partial charge in [-0.2, -0.15) is 4.31 Å². The average Bonchev–Trinajstić information content (AvgIpc) is 2.80. The van der Waals surface area contributed by atoms with Crippen molar-refractivity contribution in [2.75, 3.05) is 6.54 Å². The predicted octanol–water partition coefficient (Wildman–Crippen LogP) is 4.55. The van der Waals surface area contributed by atoms with Crippen LogP contribution in [0.25, 0.3) is 0 Å². The van der Waals surface area contributed by atoms with Crippen LogP contribution in [0.1, 0.15) is 34.5 Å². The van der Waals surface area contributed by atoms with Gasteiger partial charge in [-0.25, -0.2) is 8.42 Å². The van der Waals surface area contributed by atoms with Gasteiger partial charge >= 0.3 is 0 Å². The fourth-order valence-electron chi connectivity index (χ4n) is 3.20. The van der Waals surface area contributed by atoms with Crippen LogP contribution in [0.3, 0.4) is 0 Å². The number of carbonyl (C=O) groups excluding carboxylic acids is 1. The van der Waals surface area contributed by atoms with Gasteiger partial charge in [0.1, 0.15) is 0 Å². The topological polar surface area (TPSA) is 66.5 Å². The van der Waals surface area contributed by atoms with Crippen LogP contribution in [-0.4, -0.2) is 25.2 Å². The number of nitrogens with zero attached hydrogens (tertiary/aromatic N) is 1. The van der Waals surface area contributed by atoms with E-state index in [1.807, 2.05) is 37.3 Å². The Kier molecular flexibility index (Phi) is 7.39. The molecule has 0 heterocycles. The van der Waals surface area contributed by atoms with Crippen molar-refractivity contribution in [2.45, 2.75) is 24.4 Å². The van der Waals surface area contributed by atoms with Crippen LogP contribution in [0.15, 0.2) is 102 Å². The Morgan fingerprint density at radius 3 is 2.13 bits per heavy atom. The van der Waals surface area contributed by atoms with E-state index in [2.05, 4.69) is 11.9 Å². The van der Waals surface area contributed by atoms with E-state index in [0.717, 1.165) is 11.1 Å². The summed E-state index contributed by atoms with van der Waals surface area (Å²) in [7, 11) is -3.65. The highest BCUT2D eigenvalue weighted by Gasteiger charge is 2.23. The van der Waals surface area contributed by atoms with Crippen LogP contribution in [0, 0.1) is 0 Å². The summed E-state index contributed by atoms with van der Waals surface area (Å²) >= 11 is 0. The summed E-state index contributed by atoms with van der Waals surface area (Å²) in [5.41, 5.74) is 2.33. The zero-order chi connectivity index (χ0) is 22.3. The van der Waals surface area contributed by atoms with Crippen molar-refractivity contribution in [3.63, 3.8) is 0 Å². The van der Waals surface area contributed by atoms with Gasteiger partial charge < -0.3 is 5.32 Å². The van der Waals surface area contributed by atoms with Crippen molar-refractivity contribution >= 4 is 15.9 Å². The van der Waals surface area contributed by atoms with Gasteiger partial charge in [0.25, 0.3) is 5.91 Å². The van der Waals surface area contributed by atoms with Gasteiger partial charge in [0, 0.05) is 18.7 Å². The smallest absolute Gasteiger partial charge is 0.251 e. The molecule has 0 saturated heterocycles. The van der Waals surface area contributed by atoms with Crippen molar-refractivity contribution in [2.24, 2.45) is 0 Å². The lowest BCUT2D eigenvalue weighted by Gasteiger charge is -2.21. The molecule has 0 spiro atoms. The Morgan fingerprint density at radius 2 is 1.55 bits per heavy atom. The van der Waals surface area contributed by atoms with Crippen molar-refractivity contribution in [1.82, 2.24) is 9.62 Å². The molecule has 0 unspecified atom stereocenters. The second-order valence-corrected chi connectivity index (χ2v) is 9.14. The van der Waals surface area contributed by atoms with E-state index in [9.17, 15) is 13.2 Å². The van der Waals surface area contributed by atoms with Gasteiger partial charge in [-0.1, -0.05) is 66.7 Å². The molecule has 0 aromatic heterocycles. The molecular formula is C25H26N2O3S. The maximum atomic E-state index is 13.0. The van der Waals surface area contributed by atoms with Crippen molar-refractivity contribution in [1.29, 1.82) is 0 Å². The second-order valence-electron chi connectivity index (χ2n) is 7.20. The number of carbonyl (C=O) groups is 1. The fraction of sp³-hybridized carbons (Fsp3) is 0.160. The monoisotopic (exact) mass is 434 g/mol. The largest absolute Gasteiger partial charge is 0.346 e. The van der Waals surface area contributed by atoms with E-state index < -0.39 is 10.0 Å². The molecule has 0 aliphatic heterocycles. The molecule has 0 saturated carbocycles. The highest BCUT2D eigenvalue weighted by atomic mass is 32.2. The van der Waals surface area contributed by atoms with E-state index >= 15 is 0 Å². The van der Waals surface area contributed by atoms with Gasteiger partial charge in [-0.15, -0.1) is 6.58 Å². The summed E-state index contributed by atoms with van der Waals surface area (Å²) in [6.07, 6.45) is 1.56. The minimum absolute atomic E-state index is 0.118. The molecule has 31 heavy (non-hydrogen) atoms. The van der Waals surface area contributed by atoms with Gasteiger partial charge in [-0.05, 0) is 42.3 Å². The molecule has 0 aliphatic rings. The standard InChI is InChI=1S/C25H26N2O3S/c1-3-18-27(31(29,30)24-12-8-5-9-13-24)19-21-14-16-23(17-15-21)25(28)26-20(2)22-10-6-4-7-11-22/h3-17,20H,1,18-19H2,2H3,(H,26,28)/t20-/m1/s1. The molecule has 0 aliphatic carbocycles. The number of benzene rings is 3. The number of nitrogens with one attached hydrogen (secondary N) is 1. The third-order valence-electron chi connectivity index (χ3n) is 4.94. The first-order valence-corrected chi connectivity index (χ1v) is 11.5. The zero-order valence-electron chi connectivity index (χ0n) is 17.4. The number of hydrogen-bond donors (Lipinski definition) is 1. The number of rotatable bonds is 9. The quantitative estimate of drug-likeness (QED) is 0.502. The third-order valence-corrected chi connectivity index (χ3v) is 6.76. The van der Waals surface area contributed by atoms with Gasteiger partial charge in [-0.3, -0.25) is 4.79 Å². The van der Waals surface area contributed by atoms with Crippen molar-refractivity contribution < 1.29 is 13.2 Å². The van der Waals surface area contributed by atoms with Crippen LogP contribution in [0.2, 0.25) is 0 Å². The first-order valence-electron chi connectivity index (χ1n) is 10.0. The van der Waals surface area contributed by atoms with E-state index in [-0.39, 0.29) is 29.9 Å². The molecule has 1 atom stereocenters. The van der Waals surface area contributed by atoms with Crippen LogP contribution in [0.4, 0.5) is 0 Å². The summed E-state index contributed by atoms with van der Waals surface area (Å²) in [6, 6.07) is 24.9. The highest BCUT2D eigenvalue weighted by molar-refractivity contribution is 7.89. The van der Waals surface area contributed by atoms with Crippen molar-refractivity contribution in [3.05, 3.63) is 114 Å². The Labute approximate surface area is 184 Å². The molecule has 6 heteroatoms. The van der Waals surface area contributed by atoms with Crippen molar-refractivity contribution in [3.8, 4) is 0 Å². The lowest BCUT2D eigenvalue weighted by molar-refractivity contribution is 0.0940. The number of hydrogen-bond acceptors (Lipinski definition) is 3. The van der Waals surface area contributed by atoms with Crippen LogP contribution in [-0.2, 0) is 16.6 Å². The Balaban J connectivity index is 1.71. The second kappa shape index (κ2) is 10.2. The molecule has 3 aromatic rings. The molecule has 1 N–H and O–H groups in total. The molecular weight excluding hydrogens is 408 g/mol. The summed E-state index contributed by atoms with van der Waals surface area (Å²) in [5.74, 6) is -0.178. The summed E-state index contributed by atoms with van der Waals surface area (Å²) in [6.45, 7) is 5.99. The molecule has 0 fully saturated rings. The fourth-order valence-corrected chi connectivity index (χ4v) is 4.62. The Hall–Kier alpha value is -3.22. The van der Waals surface area contributed by atoms with E-state index in [4.69, 9.17) is 0 Å². The maximum Gasteiger partial charge on any atom is 0.251 e. The normalized spacial score (nSPS) is 12.3. The van der Waals surface area contributed by atoms with Crippen LogP contribution < -0.4 is 5.32 Å². The van der Waals surface area contributed by atoms with E-state index in [1.165, 1.54) is 4.31 Å². The minimum atomic E-state index is -3.65. The summed E-state index contributed by atoms with van der Waals surface area (Å²) in [4.78, 5) is 12.8. The van der Waals surface area contributed by atoms with Gasteiger partial charge in [0.15, 0.2) is 0 Å². The Bertz CT molecular complexity index is 1110. The molecule has 1 amide bonds. The number of amides is 1. The lowest BCUT2D eigenvalue weighted by Crippen LogP contribution is -2.31. The zero-order valence-corrected chi connectivity index (χ0v) is 18.3.